The van der Waals surface area contributed by atoms with Gasteiger partial charge in [-0.2, -0.15) is 0 Å². The molecule has 2 N–H and O–H groups in total. The number of nitro groups is 2. The minimum absolute atomic E-state index is 0.0269. The number of fused-ring (bicyclic) bond motifs is 1. The van der Waals surface area contributed by atoms with Crippen LogP contribution in [-0.4, -0.2) is 39.6 Å². The Kier molecular flexibility index (Phi) is 7.90. The Morgan fingerprint density at radius 1 is 1.00 bits per heavy atom. The third-order valence-corrected chi connectivity index (χ3v) is 7.02. The number of carbonyl (C=O) groups is 2. The molecule has 2 heterocycles. The second-order valence-corrected chi connectivity index (χ2v) is 9.37. The highest BCUT2D eigenvalue weighted by Gasteiger charge is 2.38. The molecule has 1 aliphatic heterocycles. The molecule has 3 aromatic rings. The number of thiazole rings is 1. The van der Waals surface area contributed by atoms with Gasteiger partial charge in [-0.15, -0.1) is 11.3 Å². The van der Waals surface area contributed by atoms with Gasteiger partial charge in [-0.1, -0.05) is 24.3 Å². The van der Waals surface area contributed by atoms with Gasteiger partial charge in [0.1, 0.15) is 10.2 Å². The van der Waals surface area contributed by atoms with Gasteiger partial charge in [-0.05, 0) is 31.1 Å². The van der Waals surface area contributed by atoms with Gasteiger partial charge in [0, 0.05) is 24.3 Å². The number of esters is 2. The van der Waals surface area contributed by atoms with Crippen molar-refractivity contribution in [1.82, 2.24) is 4.57 Å². The summed E-state index contributed by atoms with van der Waals surface area (Å²) in [4.78, 5) is 61.7. The first-order valence-electron chi connectivity index (χ1n) is 11.9. The average molecular weight is 567 g/mol. The topological polar surface area (TPSA) is 187 Å². The third-order valence-electron chi connectivity index (χ3n) is 5.91. The van der Waals surface area contributed by atoms with Crippen LogP contribution in [0, 0.1) is 20.2 Å². The Morgan fingerprint density at radius 3 is 2.23 bits per heavy atom. The van der Waals surface area contributed by atoms with Gasteiger partial charge < -0.3 is 15.2 Å². The molecule has 4 rings (SSSR count). The van der Waals surface area contributed by atoms with E-state index in [2.05, 4.69) is 0 Å². The van der Waals surface area contributed by atoms with E-state index in [4.69, 9.17) is 15.2 Å². The lowest BCUT2D eigenvalue weighted by Gasteiger charge is -2.27. The van der Waals surface area contributed by atoms with E-state index in [1.165, 1.54) is 48.5 Å². The van der Waals surface area contributed by atoms with Gasteiger partial charge >= 0.3 is 11.9 Å². The number of nitro benzene ring substituents is 2. The van der Waals surface area contributed by atoms with Gasteiger partial charge in [-0.25, -0.2) is 9.59 Å². The normalized spacial score (nSPS) is 15.0. The summed E-state index contributed by atoms with van der Waals surface area (Å²) in [7, 11) is 0. The zero-order valence-electron chi connectivity index (χ0n) is 21.2. The van der Waals surface area contributed by atoms with Crippen LogP contribution in [0.4, 0.5) is 11.4 Å². The van der Waals surface area contributed by atoms with E-state index < -0.39 is 33.4 Å². The molecule has 0 aliphatic carbocycles. The summed E-state index contributed by atoms with van der Waals surface area (Å²) in [6.45, 7) is 3.05. The number of ether oxygens (including phenoxy) is 2. The molecule has 206 valence electrons. The third kappa shape index (κ3) is 5.11. The average Bonchev–Trinajstić information content (AvgIpc) is 3.23. The van der Waals surface area contributed by atoms with Crippen LogP contribution in [0.3, 0.4) is 0 Å². The first-order valence-corrected chi connectivity index (χ1v) is 12.7. The molecule has 0 unspecified atom stereocenters. The van der Waals surface area contributed by atoms with Crippen LogP contribution >= 0.6 is 11.3 Å². The molecular weight excluding hydrogens is 544 g/mol. The number of benzene rings is 2. The van der Waals surface area contributed by atoms with E-state index in [1.54, 1.807) is 19.9 Å². The number of hydrogen-bond acceptors (Lipinski definition) is 11. The standard InChI is InChI=1S/C26H22N4O9S/c1-3-38-25(32)19-21(27)20(26(33)39-4-2)24-28(22(19)15-8-6-10-17(13-15)30(36)37)23(31)18(40-24)12-14-7-5-9-16(11-14)29(34)35/h5-13,22H,3-4,27H2,1-2H3/b18-12+/t22-/m1/s1. The van der Waals surface area contributed by atoms with E-state index in [1.807, 2.05) is 0 Å². The Hall–Kier alpha value is -5.11. The first kappa shape index (κ1) is 27.9. The van der Waals surface area contributed by atoms with Gasteiger partial charge in [0.2, 0.25) is 0 Å². The van der Waals surface area contributed by atoms with Crippen molar-refractivity contribution in [3.8, 4) is 0 Å². The molecule has 1 aromatic heterocycles. The van der Waals surface area contributed by atoms with Crippen molar-refractivity contribution in [2.45, 2.75) is 19.9 Å². The number of aromatic nitrogens is 1. The number of nitrogens with two attached hydrogens (primary N) is 1. The van der Waals surface area contributed by atoms with E-state index in [-0.39, 0.29) is 56.2 Å². The van der Waals surface area contributed by atoms with Crippen LogP contribution < -0.4 is 20.5 Å². The van der Waals surface area contributed by atoms with Crippen molar-refractivity contribution >= 4 is 46.3 Å². The fraction of sp³-hybridized carbons (Fsp3) is 0.192. The van der Waals surface area contributed by atoms with E-state index in [0.29, 0.717) is 5.56 Å². The van der Waals surface area contributed by atoms with Crippen LogP contribution in [0.25, 0.3) is 11.6 Å². The molecule has 2 aromatic carbocycles. The zero-order chi connectivity index (χ0) is 29.1. The highest BCUT2D eigenvalue weighted by molar-refractivity contribution is 7.07. The number of carbonyl (C=O) groups excluding carboxylic acids is 2. The van der Waals surface area contributed by atoms with Gasteiger partial charge in [0.25, 0.3) is 16.9 Å². The second kappa shape index (κ2) is 11.3. The largest absolute Gasteiger partial charge is 0.463 e. The second-order valence-electron chi connectivity index (χ2n) is 8.34. The van der Waals surface area contributed by atoms with Crippen molar-refractivity contribution in [1.29, 1.82) is 0 Å². The molecule has 1 aliphatic rings. The molecule has 0 fully saturated rings. The molecule has 13 nitrogen and oxygen atoms in total. The summed E-state index contributed by atoms with van der Waals surface area (Å²) in [5.41, 5.74) is 4.95. The maximum absolute atomic E-state index is 13.9. The lowest BCUT2D eigenvalue weighted by Crippen LogP contribution is -2.43. The Labute approximate surface area is 229 Å². The highest BCUT2D eigenvalue weighted by Crippen LogP contribution is 2.34. The zero-order valence-corrected chi connectivity index (χ0v) is 22.0. The lowest BCUT2D eigenvalue weighted by molar-refractivity contribution is -0.385. The summed E-state index contributed by atoms with van der Waals surface area (Å²) in [6, 6.07) is 9.61. The Balaban J connectivity index is 2.12. The van der Waals surface area contributed by atoms with Crippen molar-refractivity contribution in [3.05, 3.63) is 111 Å². The molecule has 14 heteroatoms. The van der Waals surface area contributed by atoms with Crippen LogP contribution in [-0.2, 0) is 19.1 Å². The molecule has 1 atom stereocenters. The molecule has 0 radical (unpaired) electrons. The van der Waals surface area contributed by atoms with Crippen LogP contribution in [0.2, 0.25) is 0 Å². The van der Waals surface area contributed by atoms with Crippen LogP contribution in [0.1, 0.15) is 31.0 Å². The van der Waals surface area contributed by atoms with Crippen molar-refractivity contribution in [3.63, 3.8) is 0 Å². The van der Waals surface area contributed by atoms with E-state index >= 15 is 0 Å². The highest BCUT2D eigenvalue weighted by atomic mass is 32.1. The maximum atomic E-state index is 13.9. The number of rotatable bonds is 8. The van der Waals surface area contributed by atoms with Gasteiger partial charge in [0.15, 0.2) is 0 Å². The lowest BCUT2D eigenvalue weighted by atomic mass is 9.91. The maximum Gasteiger partial charge on any atom is 0.343 e. The van der Waals surface area contributed by atoms with E-state index in [0.717, 1.165) is 15.9 Å². The molecule has 0 bridgehead atoms. The summed E-state index contributed by atoms with van der Waals surface area (Å²) in [5.74, 6) is -1.82. The molecule has 0 saturated carbocycles. The Bertz CT molecular complexity index is 1770. The molecule has 40 heavy (non-hydrogen) atoms. The minimum Gasteiger partial charge on any atom is -0.463 e. The van der Waals surface area contributed by atoms with Crippen molar-refractivity contribution < 1.29 is 28.9 Å². The van der Waals surface area contributed by atoms with Crippen molar-refractivity contribution in [2.75, 3.05) is 13.2 Å². The number of hydrogen-bond donors (Lipinski definition) is 1. The summed E-state index contributed by atoms with van der Waals surface area (Å²) in [6.07, 6.45) is 1.40. The number of nitrogens with zero attached hydrogens (tertiary/aromatic N) is 3. The molecule has 0 saturated heterocycles. The first-order chi connectivity index (χ1) is 19.1. The number of non-ortho nitro benzene ring substituents is 2. The van der Waals surface area contributed by atoms with Crippen LogP contribution in [0.15, 0.2) is 64.6 Å². The molecule has 0 amide bonds. The summed E-state index contributed by atoms with van der Waals surface area (Å²) < 4.78 is 11.6. The monoisotopic (exact) mass is 566 g/mol. The fourth-order valence-electron chi connectivity index (χ4n) is 4.27. The van der Waals surface area contributed by atoms with Gasteiger partial charge in [-0.3, -0.25) is 29.6 Å². The van der Waals surface area contributed by atoms with Crippen LogP contribution in [0.5, 0.6) is 0 Å². The predicted molar refractivity (Wildman–Crippen MR) is 144 cm³/mol. The quantitative estimate of drug-likeness (QED) is 0.239. The minimum atomic E-state index is -1.29. The van der Waals surface area contributed by atoms with Crippen molar-refractivity contribution in [2.24, 2.45) is 5.73 Å². The summed E-state index contributed by atoms with van der Waals surface area (Å²) >= 11 is 0.860. The SMILES string of the molecule is CCOC(=O)C1=C(N)C(C(=O)OCC)=c2s/c(=C/c3cccc([N+](=O)[O-])c3)c(=O)n2[C@@H]1c1cccc([N+](=O)[O-])c1. The summed E-state index contributed by atoms with van der Waals surface area (Å²) in [5, 5.41) is 22.8. The molecule has 0 spiro atoms. The Morgan fingerprint density at radius 2 is 1.60 bits per heavy atom. The fourth-order valence-corrected chi connectivity index (χ4v) is 5.44. The predicted octanol–water partition coefficient (Wildman–Crippen LogP) is 1.65. The molecular formula is C26H22N4O9S. The van der Waals surface area contributed by atoms with E-state index in [9.17, 15) is 34.6 Å². The smallest absolute Gasteiger partial charge is 0.343 e. The van der Waals surface area contributed by atoms with Gasteiger partial charge in [0.05, 0.1) is 44.9 Å².